The van der Waals surface area contributed by atoms with Gasteiger partial charge in [0.2, 0.25) is 5.91 Å². The van der Waals surface area contributed by atoms with Crippen molar-refractivity contribution >= 4 is 69.8 Å². The zero-order valence-corrected chi connectivity index (χ0v) is 29.0. The Morgan fingerprint density at radius 3 is 2.32 bits per heavy atom. The van der Waals surface area contributed by atoms with Gasteiger partial charge in [-0.1, -0.05) is 71.2 Å². The highest BCUT2D eigenvalue weighted by Crippen LogP contribution is 2.34. The minimum atomic E-state index is -0.379. The summed E-state index contributed by atoms with van der Waals surface area (Å²) in [6, 6.07) is 23.0. The van der Waals surface area contributed by atoms with Crippen molar-refractivity contribution in [2.24, 2.45) is 5.92 Å². The molecule has 0 bridgehead atoms. The lowest BCUT2D eigenvalue weighted by Gasteiger charge is -2.36. The minimum absolute atomic E-state index is 0. The number of benzene rings is 4. The van der Waals surface area contributed by atoms with Gasteiger partial charge in [0.1, 0.15) is 19.0 Å². The van der Waals surface area contributed by atoms with Gasteiger partial charge in [-0.3, -0.25) is 9.59 Å². The van der Waals surface area contributed by atoms with Crippen LogP contribution in [-0.2, 0) is 11.3 Å². The third kappa shape index (κ3) is 8.64. The molecule has 4 aromatic carbocycles. The van der Waals surface area contributed by atoms with Crippen molar-refractivity contribution < 1.29 is 19.1 Å². The van der Waals surface area contributed by atoms with E-state index in [1.54, 1.807) is 30.3 Å². The fraction of sp³-hybridized carbons (Fsp3) is 0.333. The molecule has 248 valence electrons. The number of ether oxygens (including phenoxy) is 2. The standard InChI is InChI=1S/C36H36Cl3N3O4.ClH/c1-22-16-31(38)34(32(39)17-22)46-15-14-45-27-10-11-28(30(37)19-27)35(43)41-33-12-13-40-20-29(33)36(44)42(26-8-9-26)21-23-6-7-24-4-2-3-5-25(24)18-23;/h2-7,10-11,16-19,26,29,33,40H,8-9,12-15,20-21H2,1H3,(H,41,43);1H. The number of aryl methyl sites for hydroxylation is 1. The molecule has 2 atom stereocenters. The Morgan fingerprint density at radius 2 is 1.60 bits per heavy atom. The highest BCUT2D eigenvalue weighted by molar-refractivity contribution is 6.37. The molecule has 0 aromatic heterocycles. The highest BCUT2D eigenvalue weighted by Gasteiger charge is 2.40. The van der Waals surface area contributed by atoms with Crippen LogP contribution in [0.25, 0.3) is 10.8 Å². The van der Waals surface area contributed by atoms with Gasteiger partial charge in [0.05, 0.1) is 26.5 Å². The summed E-state index contributed by atoms with van der Waals surface area (Å²) in [4.78, 5) is 29.5. The SMILES string of the molecule is Cc1cc(Cl)c(OCCOc2ccc(C(=O)NC3CCNCC3C(=O)N(Cc3ccc4ccccc4c3)C3CC3)c(Cl)c2)c(Cl)c1.Cl. The van der Waals surface area contributed by atoms with Gasteiger partial charge in [0.15, 0.2) is 5.75 Å². The lowest BCUT2D eigenvalue weighted by Crippen LogP contribution is -2.55. The van der Waals surface area contributed by atoms with Crippen LogP contribution in [-0.4, -0.2) is 55.1 Å². The predicted molar refractivity (Wildman–Crippen MR) is 191 cm³/mol. The molecule has 11 heteroatoms. The number of hydrogen-bond acceptors (Lipinski definition) is 5. The van der Waals surface area contributed by atoms with Crippen LogP contribution in [0.4, 0.5) is 0 Å². The Bertz CT molecular complexity index is 1730. The molecule has 2 N–H and O–H groups in total. The van der Waals surface area contributed by atoms with E-state index in [0.29, 0.717) is 53.2 Å². The Morgan fingerprint density at radius 1 is 0.872 bits per heavy atom. The quantitative estimate of drug-likeness (QED) is 0.154. The van der Waals surface area contributed by atoms with Crippen molar-refractivity contribution in [1.29, 1.82) is 0 Å². The maximum absolute atomic E-state index is 14.0. The van der Waals surface area contributed by atoms with Crippen LogP contribution in [0.2, 0.25) is 15.1 Å². The van der Waals surface area contributed by atoms with Gasteiger partial charge in [-0.05, 0) is 91.0 Å². The topological polar surface area (TPSA) is 79.9 Å². The molecule has 0 radical (unpaired) electrons. The van der Waals surface area contributed by atoms with Crippen molar-refractivity contribution in [2.75, 3.05) is 26.3 Å². The van der Waals surface area contributed by atoms with E-state index < -0.39 is 0 Å². The summed E-state index contributed by atoms with van der Waals surface area (Å²) < 4.78 is 11.5. The summed E-state index contributed by atoms with van der Waals surface area (Å²) in [7, 11) is 0. The van der Waals surface area contributed by atoms with Gasteiger partial charge in [0.25, 0.3) is 5.91 Å². The highest BCUT2D eigenvalue weighted by atomic mass is 35.5. The first-order valence-electron chi connectivity index (χ1n) is 15.6. The van der Waals surface area contributed by atoms with Crippen molar-refractivity contribution in [1.82, 2.24) is 15.5 Å². The van der Waals surface area contributed by atoms with E-state index in [2.05, 4.69) is 41.0 Å². The van der Waals surface area contributed by atoms with Gasteiger partial charge >= 0.3 is 0 Å². The third-order valence-electron chi connectivity index (χ3n) is 8.48. The van der Waals surface area contributed by atoms with Gasteiger partial charge in [-0.2, -0.15) is 0 Å². The van der Waals surface area contributed by atoms with Crippen LogP contribution in [0.1, 0.15) is 40.7 Å². The molecule has 4 aromatic rings. The summed E-state index contributed by atoms with van der Waals surface area (Å²) >= 11 is 19.0. The maximum atomic E-state index is 14.0. The average Bonchev–Trinajstić information content (AvgIpc) is 3.88. The molecule has 1 heterocycles. The molecule has 0 spiro atoms. The van der Waals surface area contributed by atoms with Crippen molar-refractivity contribution in [3.8, 4) is 11.5 Å². The zero-order chi connectivity index (χ0) is 32.2. The maximum Gasteiger partial charge on any atom is 0.253 e. The Balaban J connectivity index is 0.00000433. The molecule has 1 saturated heterocycles. The van der Waals surface area contributed by atoms with Crippen LogP contribution in [0.5, 0.6) is 11.5 Å². The normalized spacial score (nSPS) is 17.4. The first kappa shape index (κ1) is 35.1. The van der Waals surface area contributed by atoms with E-state index in [-0.39, 0.29) is 60.5 Å². The monoisotopic (exact) mass is 715 g/mol. The molecule has 6 rings (SSSR count). The molecule has 2 aliphatic rings. The number of carbonyl (C=O) groups excluding carboxylic acids is 2. The molecule has 2 amide bonds. The third-order valence-corrected chi connectivity index (χ3v) is 9.35. The van der Waals surface area contributed by atoms with Gasteiger partial charge in [-0.15, -0.1) is 12.4 Å². The number of halogens is 4. The summed E-state index contributed by atoms with van der Waals surface area (Å²) in [5.74, 6) is 0.274. The van der Waals surface area contributed by atoms with Crippen LogP contribution in [0, 0.1) is 12.8 Å². The number of rotatable bonds is 11. The first-order valence-corrected chi connectivity index (χ1v) is 16.7. The smallest absolute Gasteiger partial charge is 0.253 e. The summed E-state index contributed by atoms with van der Waals surface area (Å²) in [5, 5.41) is 9.94. The molecule has 1 saturated carbocycles. The summed E-state index contributed by atoms with van der Waals surface area (Å²) in [6.45, 7) is 4.11. The fourth-order valence-electron chi connectivity index (χ4n) is 5.95. The average molecular weight is 718 g/mol. The van der Waals surface area contributed by atoms with E-state index in [1.165, 1.54) is 5.39 Å². The second kappa shape index (κ2) is 15.8. The van der Waals surface area contributed by atoms with E-state index in [9.17, 15) is 9.59 Å². The van der Waals surface area contributed by atoms with Crippen LogP contribution in [0.15, 0.2) is 72.8 Å². The Kier molecular flexibility index (Phi) is 11.8. The van der Waals surface area contributed by atoms with Gasteiger partial charge in [-0.25, -0.2) is 0 Å². The molecule has 7 nitrogen and oxygen atoms in total. The lowest BCUT2D eigenvalue weighted by atomic mass is 9.91. The first-order chi connectivity index (χ1) is 22.3. The number of piperidine rings is 1. The number of fused-ring (bicyclic) bond motifs is 1. The van der Waals surface area contributed by atoms with E-state index in [1.807, 2.05) is 24.0 Å². The molecular formula is C36H37Cl4N3O4. The lowest BCUT2D eigenvalue weighted by molar-refractivity contribution is -0.138. The zero-order valence-electron chi connectivity index (χ0n) is 25.9. The number of amides is 2. The van der Waals surface area contributed by atoms with Crippen LogP contribution >= 0.6 is 47.2 Å². The number of nitrogens with zero attached hydrogens (tertiary/aromatic N) is 1. The number of carbonyl (C=O) groups is 2. The van der Waals surface area contributed by atoms with E-state index >= 15 is 0 Å². The number of hydrogen-bond donors (Lipinski definition) is 2. The fourth-order valence-corrected chi connectivity index (χ4v) is 6.92. The molecule has 2 fully saturated rings. The predicted octanol–water partition coefficient (Wildman–Crippen LogP) is 7.89. The van der Waals surface area contributed by atoms with Crippen LogP contribution in [0.3, 0.4) is 0 Å². The summed E-state index contributed by atoms with van der Waals surface area (Å²) in [5.41, 5.74) is 2.37. The molecule has 1 aliphatic heterocycles. The summed E-state index contributed by atoms with van der Waals surface area (Å²) in [6.07, 6.45) is 2.64. The Hall–Kier alpha value is -3.20. The van der Waals surface area contributed by atoms with E-state index in [0.717, 1.165) is 29.4 Å². The van der Waals surface area contributed by atoms with E-state index in [4.69, 9.17) is 44.3 Å². The Labute approximate surface area is 296 Å². The second-order valence-electron chi connectivity index (χ2n) is 12.0. The molecule has 47 heavy (non-hydrogen) atoms. The van der Waals surface area contributed by atoms with Crippen molar-refractivity contribution in [3.63, 3.8) is 0 Å². The number of nitrogens with one attached hydrogen (secondary N) is 2. The van der Waals surface area contributed by atoms with Gasteiger partial charge < -0.3 is 25.0 Å². The second-order valence-corrected chi connectivity index (χ2v) is 13.2. The van der Waals surface area contributed by atoms with Crippen LogP contribution < -0.4 is 20.1 Å². The minimum Gasteiger partial charge on any atom is -0.490 e. The molecule has 1 aliphatic carbocycles. The molecule has 2 unspecified atom stereocenters. The van der Waals surface area contributed by atoms with Crippen molar-refractivity contribution in [3.05, 3.63) is 105 Å². The largest absolute Gasteiger partial charge is 0.490 e. The van der Waals surface area contributed by atoms with Crippen molar-refractivity contribution in [2.45, 2.75) is 44.8 Å². The molecular weight excluding hydrogens is 680 g/mol. The van der Waals surface area contributed by atoms with Gasteiger partial charge in [0, 0.05) is 25.2 Å².